The number of aryl methyl sites for hydroxylation is 1. The average molecular weight is 712 g/mol. The first-order valence-corrected chi connectivity index (χ1v) is 18.1. The smallest absolute Gasteiger partial charge is 0.319 e. The van der Waals surface area contributed by atoms with Gasteiger partial charge in [0, 0.05) is 42.1 Å². The zero-order chi connectivity index (χ0) is 34.8. The molecule has 3 unspecified atom stereocenters. The van der Waals surface area contributed by atoms with Crippen LogP contribution in [-0.2, 0) is 4.74 Å². The molecule has 3 atom stereocenters. The Morgan fingerprint density at radius 3 is 2.68 bits per heavy atom. The number of hydrogen-bond donors (Lipinski definition) is 2. The Hall–Kier alpha value is -3.39. The van der Waals surface area contributed by atoms with Crippen molar-refractivity contribution in [3.05, 3.63) is 28.7 Å². The zero-order valence-corrected chi connectivity index (χ0v) is 29.5. The summed E-state index contributed by atoms with van der Waals surface area (Å²) in [5.74, 6) is -0.366. The Kier molecular flexibility index (Phi) is 8.76. The molecule has 0 amide bonds. The van der Waals surface area contributed by atoms with Gasteiger partial charge in [0.2, 0.25) is 5.88 Å². The minimum atomic E-state index is -1.57. The van der Waals surface area contributed by atoms with Gasteiger partial charge in [-0.3, -0.25) is 10.00 Å². The highest BCUT2D eigenvalue weighted by Crippen LogP contribution is 2.51. The van der Waals surface area contributed by atoms with E-state index < -0.39 is 18.1 Å². The molecule has 50 heavy (non-hydrogen) atoms. The lowest BCUT2D eigenvalue weighted by atomic mass is 9.73. The summed E-state index contributed by atoms with van der Waals surface area (Å²) in [6, 6.07) is 2.77. The molecule has 4 fully saturated rings. The SMILES string of the molecule is COc1nc(-c2c(Cl)c(C)cc3[nH]ncc23)c(F)c2nc(OCC34CCCC3N(C3CC(OC)C3)CCC4)nc(N3CCCC(O)(CF)C3)c12. The number of aromatic nitrogens is 5. The topological polar surface area (TPSA) is 122 Å². The molecule has 2 saturated heterocycles. The van der Waals surface area contributed by atoms with Crippen molar-refractivity contribution in [3.63, 3.8) is 0 Å². The van der Waals surface area contributed by atoms with Crippen LogP contribution >= 0.6 is 11.6 Å². The summed E-state index contributed by atoms with van der Waals surface area (Å²) in [4.78, 5) is 18.7. The molecule has 3 aromatic heterocycles. The van der Waals surface area contributed by atoms with E-state index in [-0.39, 0.29) is 46.3 Å². The molecule has 11 nitrogen and oxygen atoms in total. The summed E-state index contributed by atoms with van der Waals surface area (Å²) < 4.78 is 49.2. The number of hydrogen-bond acceptors (Lipinski definition) is 10. The second-order valence-corrected chi connectivity index (χ2v) is 15.2. The summed E-state index contributed by atoms with van der Waals surface area (Å²) in [7, 11) is 3.23. The largest absolute Gasteiger partial charge is 0.480 e. The maximum atomic E-state index is 17.1. The van der Waals surface area contributed by atoms with Crippen molar-refractivity contribution in [1.29, 1.82) is 0 Å². The van der Waals surface area contributed by atoms with Crippen molar-refractivity contribution in [2.75, 3.05) is 52.0 Å². The van der Waals surface area contributed by atoms with Gasteiger partial charge in [-0.25, -0.2) is 13.8 Å². The Balaban J connectivity index is 1.23. The number of likely N-dealkylation sites (tertiary alicyclic amines) is 1. The Morgan fingerprint density at radius 2 is 1.90 bits per heavy atom. The van der Waals surface area contributed by atoms with Crippen LogP contribution in [0.5, 0.6) is 11.9 Å². The highest BCUT2D eigenvalue weighted by Gasteiger charge is 2.52. The van der Waals surface area contributed by atoms with E-state index in [1.54, 1.807) is 18.2 Å². The molecule has 8 rings (SSSR count). The molecule has 4 aromatic rings. The van der Waals surface area contributed by atoms with Crippen molar-refractivity contribution in [2.24, 2.45) is 5.41 Å². The van der Waals surface area contributed by atoms with Crippen LogP contribution in [0.1, 0.15) is 63.4 Å². The molecule has 2 N–H and O–H groups in total. The van der Waals surface area contributed by atoms with E-state index >= 15 is 4.39 Å². The van der Waals surface area contributed by atoms with Gasteiger partial charge >= 0.3 is 6.01 Å². The summed E-state index contributed by atoms with van der Waals surface area (Å²) in [5, 5.41) is 19.3. The molecule has 2 aliphatic carbocycles. The quantitative estimate of drug-likeness (QED) is 0.209. The molecule has 268 valence electrons. The van der Waals surface area contributed by atoms with Gasteiger partial charge in [0.05, 0.1) is 43.1 Å². The van der Waals surface area contributed by atoms with Crippen LogP contribution in [0.25, 0.3) is 33.1 Å². The van der Waals surface area contributed by atoms with Crippen molar-refractivity contribution in [2.45, 2.75) is 88.5 Å². The molecule has 14 heteroatoms. The number of alkyl halides is 1. The summed E-state index contributed by atoms with van der Waals surface area (Å²) in [6.07, 6.45) is 10.2. The van der Waals surface area contributed by atoms with Crippen molar-refractivity contribution < 1.29 is 28.1 Å². The summed E-state index contributed by atoms with van der Waals surface area (Å²) >= 11 is 6.84. The molecule has 2 aliphatic heterocycles. The third-order valence-corrected chi connectivity index (χ3v) is 12.3. The number of nitrogens with zero attached hydrogens (tertiary/aromatic N) is 6. The second-order valence-electron chi connectivity index (χ2n) is 14.8. The number of pyridine rings is 1. The first-order chi connectivity index (χ1) is 24.2. The van der Waals surface area contributed by atoms with Gasteiger partial charge in [0.1, 0.15) is 34.7 Å². The van der Waals surface area contributed by atoms with Crippen LogP contribution in [0, 0.1) is 18.2 Å². The number of halogens is 3. The average Bonchev–Trinajstić information content (AvgIpc) is 3.76. The second kappa shape index (κ2) is 13.0. The molecule has 1 aromatic carbocycles. The Labute approximate surface area is 294 Å². The number of aromatic amines is 1. The number of methoxy groups -OCH3 is 2. The molecule has 0 spiro atoms. The maximum Gasteiger partial charge on any atom is 0.319 e. The molecular weight excluding hydrogens is 668 g/mol. The Bertz CT molecular complexity index is 1920. The van der Waals surface area contributed by atoms with E-state index in [0.717, 1.165) is 57.1 Å². The minimum absolute atomic E-state index is 0.0176. The highest BCUT2D eigenvalue weighted by atomic mass is 35.5. The monoisotopic (exact) mass is 711 g/mol. The first-order valence-electron chi connectivity index (χ1n) is 17.7. The van der Waals surface area contributed by atoms with Crippen molar-refractivity contribution in [1.82, 2.24) is 30.0 Å². The number of anilines is 1. The fourth-order valence-corrected chi connectivity index (χ4v) is 9.38. The van der Waals surface area contributed by atoms with Gasteiger partial charge in [-0.2, -0.15) is 15.1 Å². The number of benzene rings is 1. The van der Waals surface area contributed by atoms with E-state index in [2.05, 4.69) is 20.1 Å². The van der Waals surface area contributed by atoms with Crippen LogP contribution in [0.15, 0.2) is 12.3 Å². The summed E-state index contributed by atoms with van der Waals surface area (Å²) in [6.45, 7) is 2.81. The molecular formula is C36H44ClF2N7O4. The fourth-order valence-electron chi connectivity index (χ4n) is 9.13. The van der Waals surface area contributed by atoms with Gasteiger partial charge in [-0.1, -0.05) is 18.0 Å². The Morgan fingerprint density at radius 1 is 1.10 bits per heavy atom. The number of ether oxygens (including phenoxy) is 3. The van der Waals surface area contributed by atoms with Crippen LogP contribution < -0.4 is 14.4 Å². The number of β-amino-alcohol motifs (C(OH)–C–C–N with tert-alkyl or cyclic N) is 1. The van der Waals surface area contributed by atoms with Crippen LogP contribution in [0.4, 0.5) is 14.6 Å². The van der Waals surface area contributed by atoms with E-state index in [9.17, 15) is 9.50 Å². The number of rotatable bonds is 9. The predicted molar refractivity (Wildman–Crippen MR) is 186 cm³/mol. The normalized spacial score (nSPS) is 28.6. The van der Waals surface area contributed by atoms with Gasteiger partial charge in [-0.15, -0.1) is 0 Å². The lowest BCUT2D eigenvalue weighted by molar-refractivity contribution is -0.0845. The minimum Gasteiger partial charge on any atom is -0.480 e. The zero-order valence-electron chi connectivity index (χ0n) is 28.8. The first kappa shape index (κ1) is 33.7. The van der Waals surface area contributed by atoms with Gasteiger partial charge < -0.3 is 24.2 Å². The number of H-pyrrole nitrogens is 1. The predicted octanol–water partition coefficient (Wildman–Crippen LogP) is 6.17. The van der Waals surface area contributed by atoms with Crippen LogP contribution in [-0.4, -0.2) is 106 Å². The molecule has 0 bridgehead atoms. The van der Waals surface area contributed by atoms with Crippen LogP contribution in [0.2, 0.25) is 5.02 Å². The molecule has 0 radical (unpaired) electrons. The standard InChI is InChI=1S/C36H44ClF2N7O4/c1-20-13-24-23(16-40-44-24)26(28(20)37)30-29(39)31-27(33(41-30)49-3)32(45-11-6-10-36(47,17-38)18-45)43-34(42-31)50-19-35-8-4-7-25(35)46(12-5-9-35)21-14-22(15-21)48-2/h13,16,21-22,25,47H,4-12,14-15,17-19H2,1-3H3,(H,40,44). The molecule has 2 saturated carbocycles. The van der Waals surface area contributed by atoms with E-state index in [0.29, 0.717) is 65.7 Å². The van der Waals surface area contributed by atoms with Gasteiger partial charge in [0.15, 0.2) is 5.82 Å². The lowest BCUT2D eigenvalue weighted by Gasteiger charge is -2.53. The van der Waals surface area contributed by atoms with Crippen LogP contribution in [0.3, 0.4) is 0 Å². The number of aliphatic hydroxyl groups is 1. The molecule has 4 aliphatic rings. The van der Waals surface area contributed by atoms with Crippen molar-refractivity contribution in [3.8, 4) is 23.1 Å². The lowest BCUT2D eigenvalue weighted by Crippen LogP contribution is -2.59. The van der Waals surface area contributed by atoms with E-state index in [1.807, 2.05) is 13.0 Å². The van der Waals surface area contributed by atoms with Gasteiger partial charge in [-0.05, 0) is 76.5 Å². The number of fused-ring (bicyclic) bond motifs is 3. The third kappa shape index (κ3) is 5.55. The van der Waals surface area contributed by atoms with Crippen molar-refractivity contribution >= 4 is 39.2 Å². The maximum absolute atomic E-state index is 17.1. The molecule has 5 heterocycles. The fraction of sp³-hybridized carbons (Fsp3) is 0.611. The number of piperidine rings is 2. The van der Waals surface area contributed by atoms with Gasteiger partial charge in [0.25, 0.3) is 0 Å². The van der Waals surface area contributed by atoms with E-state index in [4.69, 9.17) is 35.8 Å². The van der Waals surface area contributed by atoms with E-state index in [1.165, 1.54) is 7.11 Å². The summed E-state index contributed by atoms with van der Waals surface area (Å²) in [5.41, 5.74) is 0.0228. The highest BCUT2D eigenvalue weighted by molar-refractivity contribution is 6.35. The number of nitrogens with one attached hydrogen (secondary N) is 1. The third-order valence-electron chi connectivity index (χ3n) is 11.8.